The molecule has 0 aliphatic rings. The van der Waals surface area contributed by atoms with Gasteiger partial charge >= 0.3 is 0 Å². The summed E-state index contributed by atoms with van der Waals surface area (Å²) in [6.45, 7) is 0. The van der Waals surface area contributed by atoms with Crippen molar-refractivity contribution in [2.45, 2.75) is 0 Å². The first-order valence-corrected chi connectivity index (χ1v) is 6.37. The van der Waals surface area contributed by atoms with Gasteiger partial charge in [0.05, 0.1) is 21.1 Å². The molecule has 7 heteroatoms. The molecule has 0 saturated carbocycles. The second kappa shape index (κ2) is 5.50. The Bertz CT molecular complexity index is 887. The highest BCUT2D eigenvalue weighted by atomic mass is 32.1. The number of aromatic nitrogens is 1. The minimum Gasteiger partial charge on any atom is -0.301 e. The van der Waals surface area contributed by atoms with Crippen LogP contribution in [0.4, 0.5) is 5.69 Å². The topological polar surface area (TPSA) is 88.9 Å². The normalized spacial score (nSPS) is 12.4. The summed E-state index contributed by atoms with van der Waals surface area (Å²) >= 11 is 1.12. The molecule has 0 fully saturated rings. The van der Waals surface area contributed by atoms with E-state index in [1.54, 1.807) is 25.2 Å². The fourth-order valence-electron chi connectivity index (χ4n) is 1.68. The van der Waals surface area contributed by atoms with Crippen LogP contribution in [-0.2, 0) is 7.05 Å². The second-order valence-electron chi connectivity index (χ2n) is 3.90. The quantitative estimate of drug-likeness (QED) is 0.594. The van der Waals surface area contributed by atoms with Crippen molar-refractivity contribution in [1.82, 2.24) is 4.57 Å². The van der Waals surface area contributed by atoms with Crippen LogP contribution in [-0.4, -0.2) is 9.49 Å². The molecule has 20 heavy (non-hydrogen) atoms. The van der Waals surface area contributed by atoms with Gasteiger partial charge in [0.25, 0.3) is 11.2 Å². The largest absolute Gasteiger partial charge is 0.301 e. The van der Waals surface area contributed by atoms with Crippen LogP contribution in [0.25, 0.3) is 12.2 Å². The molecule has 0 N–H and O–H groups in total. The molecule has 0 saturated heterocycles. The SMILES string of the molecule is Cn1c(=O)/c(=C\c2ccccc2[N+](=O)[O-])s/c1=C\C#N. The van der Waals surface area contributed by atoms with E-state index in [2.05, 4.69) is 0 Å². The molecular weight excluding hydrogens is 278 g/mol. The predicted octanol–water partition coefficient (Wildman–Crippen LogP) is 0.488. The lowest BCUT2D eigenvalue weighted by Crippen LogP contribution is -2.28. The number of hydrogen-bond donors (Lipinski definition) is 0. The molecule has 100 valence electrons. The van der Waals surface area contributed by atoms with Gasteiger partial charge in [0.2, 0.25) is 0 Å². The standard InChI is InChI=1S/C13H9N3O3S/c1-15-12(6-7-14)20-11(13(15)17)8-9-4-2-3-5-10(9)16(18)19/h2-6,8H,1H3/b11-8+,12-6-. The van der Waals surface area contributed by atoms with Crippen LogP contribution in [0.3, 0.4) is 0 Å². The molecule has 1 aromatic carbocycles. The van der Waals surface area contributed by atoms with Gasteiger partial charge in [0, 0.05) is 19.2 Å². The number of nitrogens with zero attached hydrogens (tertiary/aromatic N) is 3. The molecule has 0 radical (unpaired) electrons. The Balaban J connectivity index is 2.74. The van der Waals surface area contributed by atoms with Gasteiger partial charge in [0.15, 0.2) is 0 Å². The van der Waals surface area contributed by atoms with Crippen LogP contribution < -0.4 is 14.8 Å². The zero-order chi connectivity index (χ0) is 14.7. The Morgan fingerprint density at radius 1 is 1.45 bits per heavy atom. The molecular formula is C13H9N3O3S. The van der Waals surface area contributed by atoms with Gasteiger partial charge in [-0.1, -0.05) is 12.1 Å². The smallest absolute Gasteiger partial charge is 0.276 e. The molecule has 0 bridgehead atoms. The number of nitriles is 1. The van der Waals surface area contributed by atoms with E-state index in [0.29, 0.717) is 14.8 Å². The first kappa shape index (κ1) is 13.7. The third kappa shape index (κ3) is 2.50. The van der Waals surface area contributed by atoms with E-state index >= 15 is 0 Å². The van der Waals surface area contributed by atoms with Crippen molar-refractivity contribution in [1.29, 1.82) is 5.26 Å². The minimum atomic E-state index is -0.494. The Morgan fingerprint density at radius 2 is 2.15 bits per heavy atom. The summed E-state index contributed by atoms with van der Waals surface area (Å²) < 4.78 is 2.19. The average Bonchev–Trinajstić information content (AvgIpc) is 2.68. The maximum absolute atomic E-state index is 12.0. The van der Waals surface area contributed by atoms with Crippen LogP contribution in [0.1, 0.15) is 5.56 Å². The lowest BCUT2D eigenvalue weighted by molar-refractivity contribution is -0.385. The van der Waals surface area contributed by atoms with E-state index in [1.165, 1.54) is 22.8 Å². The van der Waals surface area contributed by atoms with Crippen LogP contribution >= 0.6 is 11.3 Å². The Labute approximate surface area is 117 Å². The molecule has 2 aromatic rings. The fraction of sp³-hybridized carbons (Fsp3) is 0.0769. The van der Waals surface area contributed by atoms with Gasteiger partial charge in [-0.15, -0.1) is 11.3 Å². The van der Waals surface area contributed by atoms with Crippen molar-refractivity contribution in [3.63, 3.8) is 0 Å². The third-order valence-electron chi connectivity index (χ3n) is 2.67. The lowest BCUT2D eigenvalue weighted by Gasteiger charge is -1.94. The molecule has 0 atom stereocenters. The highest BCUT2D eigenvalue weighted by molar-refractivity contribution is 7.07. The van der Waals surface area contributed by atoms with Gasteiger partial charge < -0.3 is 4.57 Å². The summed E-state index contributed by atoms with van der Waals surface area (Å²) in [5, 5.41) is 19.6. The molecule has 2 rings (SSSR count). The third-order valence-corrected chi connectivity index (χ3v) is 3.78. The van der Waals surface area contributed by atoms with Crippen LogP contribution in [0.15, 0.2) is 29.1 Å². The maximum Gasteiger partial charge on any atom is 0.276 e. The highest BCUT2D eigenvalue weighted by Crippen LogP contribution is 2.17. The van der Waals surface area contributed by atoms with E-state index in [-0.39, 0.29) is 11.2 Å². The molecule has 6 nitrogen and oxygen atoms in total. The Kier molecular flexibility index (Phi) is 3.77. The minimum absolute atomic E-state index is 0.0613. The number of thiazole rings is 1. The number of nitro benzene ring substituents is 1. The van der Waals surface area contributed by atoms with E-state index in [1.807, 2.05) is 6.07 Å². The van der Waals surface area contributed by atoms with Crippen LogP contribution in [0.5, 0.6) is 0 Å². The summed E-state index contributed by atoms with van der Waals surface area (Å²) in [6, 6.07) is 8.05. The molecule has 1 aromatic heterocycles. The zero-order valence-corrected chi connectivity index (χ0v) is 11.3. The molecule has 0 amide bonds. The van der Waals surface area contributed by atoms with E-state index < -0.39 is 4.92 Å². The monoisotopic (exact) mass is 287 g/mol. The molecule has 0 spiro atoms. The lowest BCUT2D eigenvalue weighted by atomic mass is 10.2. The van der Waals surface area contributed by atoms with Crippen molar-refractivity contribution in [3.8, 4) is 6.07 Å². The second-order valence-corrected chi connectivity index (χ2v) is 4.96. The summed E-state index contributed by atoms with van der Waals surface area (Å²) in [5.74, 6) is 0. The number of nitro groups is 1. The zero-order valence-electron chi connectivity index (χ0n) is 10.4. The molecule has 0 aliphatic carbocycles. The number of hydrogen-bond acceptors (Lipinski definition) is 5. The first-order chi connectivity index (χ1) is 9.54. The number of rotatable bonds is 2. The maximum atomic E-state index is 12.0. The number of benzene rings is 1. The summed E-state index contributed by atoms with van der Waals surface area (Å²) in [7, 11) is 1.55. The van der Waals surface area contributed by atoms with Gasteiger partial charge in [-0.05, 0) is 12.1 Å². The molecule has 0 aliphatic heterocycles. The predicted molar refractivity (Wildman–Crippen MR) is 75.6 cm³/mol. The van der Waals surface area contributed by atoms with E-state index in [4.69, 9.17) is 5.26 Å². The number of para-hydroxylation sites is 1. The van der Waals surface area contributed by atoms with Crippen molar-refractivity contribution in [3.05, 3.63) is 59.5 Å². The summed E-state index contributed by atoms with van der Waals surface area (Å²) in [5.41, 5.74) is 0.0170. The van der Waals surface area contributed by atoms with E-state index in [9.17, 15) is 14.9 Å². The van der Waals surface area contributed by atoms with Crippen molar-refractivity contribution in [2.75, 3.05) is 0 Å². The van der Waals surface area contributed by atoms with Gasteiger partial charge in [-0.25, -0.2) is 0 Å². The fourth-order valence-corrected chi connectivity index (χ4v) is 2.65. The first-order valence-electron chi connectivity index (χ1n) is 5.55. The average molecular weight is 287 g/mol. The summed E-state index contributed by atoms with van der Waals surface area (Å²) in [6.07, 6.45) is 2.74. The Hall–Kier alpha value is -2.72. The van der Waals surface area contributed by atoms with Crippen LogP contribution in [0, 0.1) is 21.4 Å². The van der Waals surface area contributed by atoms with Crippen molar-refractivity contribution < 1.29 is 4.92 Å². The van der Waals surface area contributed by atoms with Gasteiger partial charge in [-0.2, -0.15) is 5.26 Å². The highest BCUT2D eigenvalue weighted by Gasteiger charge is 2.10. The van der Waals surface area contributed by atoms with E-state index in [0.717, 1.165) is 11.3 Å². The van der Waals surface area contributed by atoms with Gasteiger partial charge in [0.1, 0.15) is 4.66 Å². The Morgan fingerprint density at radius 3 is 2.80 bits per heavy atom. The van der Waals surface area contributed by atoms with Gasteiger partial charge in [-0.3, -0.25) is 14.9 Å². The van der Waals surface area contributed by atoms with Crippen LogP contribution in [0.2, 0.25) is 0 Å². The van der Waals surface area contributed by atoms with Crippen molar-refractivity contribution >= 4 is 29.2 Å². The van der Waals surface area contributed by atoms with Crippen molar-refractivity contribution in [2.24, 2.45) is 7.05 Å². The molecule has 1 heterocycles. The summed E-state index contributed by atoms with van der Waals surface area (Å²) in [4.78, 5) is 22.4. The molecule has 0 unspecified atom stereocenters.